The van der Waals surface area contributed by atoms with Crippen molar-refractivity contribution in [1.82, 2.24) is 4.57 Å². The number of rotatable bonds is 2. The minimum Gasteiger partial charge on any atom is -0.341 e. The molecular formula is C19H15NO. The Morgan fingerprint density at radius 2 is 1.76 bits per heavy atom. The van der Waals surface area contributed by atoms with E-state index in [0.29, 0.717) is 0 Å². The molecule has 0 N–H and O–H groups in total. The highest BCUT2D eigenvalue weighted by atomic mass is 16.1. The summed E-state index contributed by atoms with van der Waals surface area (Å²) in [6.07, 6.45) is 0.938. The Hall–Kier alpha value is -2.61. The topological polar surface area (TPSA) is 22.0 Å². The highest BCUT2D eigenvalue weighted by molar-refractivity contribution is 6.14. The van der Waals surface area contributed by atoms with E-state index >= 15 is 0 Å². The highest BCUT2D eigenvalue weighted by Gasteiger charge is 2.11. The Morgan fingerprint density at radius 3 is 2.57 bits per heavy atom. The van der Waals surface area contributed by atoms with E-state index in [1.165, 1.54) is 21.8 Å². The molecule has 0 saturated heterocycles. The van der Waals surface area contributed by atoms with Gasteiger partial charge in [-0.05, 0) is 35.9 Å². The Kier molecular flexibility index (Phi) is 2.58. The monoisotopic (exact) mass is 273 g/mol. The number of aromatic nitrogens is 1. The van der Waals surface area contributed by atoms with Crippen LogP contribution in [0.4, 0.5) is 0 Å². The van der Waals surface area contributed by atoms with E-state index in [4.69, 9.17) is 0 Å². The third-order valence-corrected chi connectivity index (χ3v) is 4.25. The van der Waals surface area contributed by atoms with Gasteiger partial charge in [0.1, 0.15) is 0 Å². The molecule has 0 aliphatic heterocycles. The molecule has 2 nitrogen and oxygen atoms in total. The molecule has 0 unspecified atom stereocenters. The minimum absolute atomic E-state index is 0.752. The van der Waals surface area contributed by atoms with Gasteiger partial charge in [0.25, 0.3) is 0 Å². The third-order valence-electron chi connectivity index (χ3n) is 4.25. The molecule has 0 aliphatic carbocycles. The molecular weight excluding hydrogens is 258 g/mol. The molecule has 4 rings (SSSR count). The molecule has 0 amide bonds. The maximum absolute atomic E-state index is 11.3. The summed E-state index contributed by atoms with van der Waals surface area (Å²) in [5, 5.41) is 4.67. The lowest BCUT2D eigenvalue weighted by atomic mass is 10.0. The molecule has 102 valence electrons. The summed E-state index contributed by atoms with van der Waals surface area (Å²) in [7, 11) is 0. The Labute approximate surface area is 122 Å². The predicted molar refractivity (Wildman–Crippen MR) is 88.0 cm³/mol. The summed E-state index contributed by atoms with van der Waals surface area (Å²) in [6, 6.07) is 18.7. The summed E-state index contributed by atoms with van der Waals surface area (Å²) >= 11 is 0. The number of hydrogen-bond donors (Lipinski definition) is 0. The molecule has 3 aromatic carbocycles. The van der Waals surface area contributed by atoms with Gasteiger partial charge in [-0.15, -0.1) is 0 Å². The van der Waals surface area contributed by atoms with Gasteiger partial charge in [-0.2, -0.15) is 0 Å². The van der Waals surface area contributed by atoms with Gasteiger partial charge in [0, 0.05) is 33.9 Å². The van der Waals surface area contributed by atoms with Crippen LogP contribution in [0.3, 0.4) is 0 Å². The van der Waals surface area contributed by atoms with Crippen molar-refractivity contribution in [3.63, 3.8) is 0 Å². The fraction of sp³-hybridized carbons (Fsp3) is 0.105. The third kappa shape index (κ3) is 1.62. The van der Waals surface area contributed by atoms with Crippen LogP contribution in [0.25, 0.3) is 32.6 Å². The summed E-state index contributed by atoms with van der Waals surface area (Å²) in [5.74, 6) is 0. The molecule has 0 aliphatic rings. The number of carbonyl (C=O) groups is 1. The summed E-state index contributed by atoms with van der Waals surface area (Å²) in [5.41, 5.74) is 3.20. The maximum Gasteiger partial charge on any atom is 0.150 e. The van der Waals surface area contributed by atoms with Gasteiger partial charge in [0.05, 0.1) is 0 Å². The number of fused-ring (bicyclic) bond motifs is 4. The standard InChI is InChI=1S/C19H15NO/c1-2-20-18-9-4-3-8-15(18)17-10-13-6-5-7-14(12-21)16(13)11-19(17)20/h3-12H,2H2,1H3. The number of aldehydes is 1. The van der Waals surface area contributed by atoms with Crippen LogP contribution in [0.1, 0.15) is 17.3 Å². The maximum atomic E-state index is 11.3. The second kappa shape index (κ2) is 4.45. The highest BCUT2D eigenvalue weighted by Crippen LogP contribution is 2.33. The lowest BCUT2D eigenvalue weighted by Crippen LogP contribution is -1.93. The molecule has 4 aromatic rings. The minimum atomic E-state index is 0.752. The van der Waals surface area contributed by atoms with E-state index in [-0.39, 0.29) is 0 Å². The summed E-state index contributed by atoms with van der Waals surface area (Å²) in [6.45, 7) is 3.07. The van der Waals surface area contributed by atoms with Crippen molar-refractivity contribution in [1.29, 1.82) is 0 Å². The first-order chi connectivity index (χ1) is 10.3. The average molecular weight is 273 g/mol. The van der Waals surface area contributed by atoms with E-state index in [9.17, 15) is 4.79 Å². The number of hydrogen-bond acceptors (Lipinski definition) is 1. The van der Waals surface area contributed by atoms with Gasteiger partial charge in [0.15, 0.2) is 6.29 Å². The van der Waals surface area contributed by atoms with Crippen molar-refractivity contribution < 1.29 is 4.79 Å². The summed E-state index contributed by atoms with van der Waals surface area (Å²) < 4.78 is 2.31. The Balaban J connectivity index is 2.27. The van der Waals surface area contributed by atoms with Crippen LogP contribution in [0.5, 0.6) is 0 Å². The Bertz CT molecular complexity index is 995. The zero-order valence-electron chi connectivity index (χ0n) is 11.8. The van der Waals surface area contributed by atoms with Crippen molar-refractivity contribution in [2.45, 2.75) is 13.5 Å². The van der Waals surface area contributed by atoms with Gasteiger partial charge in [-0.1, -0.05) is 36.4 Å². The second-order valence-corrected chi connectivity index (χ2v) is 5.32. The van der Waals surface area contributed by atoms with Crippen molar-refractivity contribution in [2.24, 2.45) is 0 Å². The zero-order valence-corrected chi connectivity index (χ0v) is 11.8. The molecule has 1 aromatic heterocycles. The molecule has 0 spiro atoms. The number of carbonyl (C=O) groups excluding carboxylic acids is 1. The number of nitrogens with zero attached hydrogens (tertiary/aromatic N) is 1. The van der Waals surface area contributed by atoms with Crippen molar-refractivity contribution in [3.8, 4) is 0 Å². The van der Waals surface area contributed by atoms with E-state index < -0.39 is 0 Å². The molecule has 0 radical (unpaired) electrons. The largest absolute Gasteiger partial charge is 0.341 e. The van der Waals surface area contributed by atoms with Crippen LogP contribution in [-0.2, 0) is 6.54 Å². The first-order valence-corrected chi connectivity index (χ1v) is 7.22. The quantitative estimate of drug-likeness (QED) is 0.482. The molecule has 2 heteroatoms. The molecule has 21 heavy (non-hydrogen) atoms. The lowest BCUT2D eigenvalue weighted by Gasteiger charge is -2.05. The number of para-hydroxylation sites is 1. The van der Waals surface area contributed by atoms with Crippen LogP contribution in [0.2, 0.25) is 0 Å². The fourth-order valence-electron chi connectivity index (χ4n) is 3.29. The van der Waals surface area contributed by atoms with Crippen molar-refractivity contribution in [3.05, 3.63) is 60.2 Å². The molecule has 0 fully saturated rings. The first-order valence-electron chi connectivity index (χ1n) is 7.22. The SMILES string of the molecule is CCn1c2ccccc2c2cc3cccc(C=O)c3cc21. The second-order valence-electron chi connectivity index (χ2n) is 5.32. The van der Waals surface area contributed by atoms with E-state index in [2.05, 4.69) is 54.0 Å². The smallest absolute Gasteiger partial charge is 0.150 e. The van der Waals surface area contributed by atoms with Crippen LogP contribution in [-0.4, -0.2) is 10.9 Å². The number of aryl methyl sites for hydroxylation is 1. The first kappa shape index (κ1) is 12.2. The van der Waals surface area contributed by atoms with Gasteiger partial charge >= 0.3 is 0 Å². The molecule has 0 atom stereocenters. The predicted octanol–water partition coefficient (Wildman–Crippen LogP) is 4.78. The lowest BCUT2D eigenvalue weighted by molar-refractivity contribution is 0.112. The molecule has 0 saturated carbocycles. The van der Waals surface area contributed by atoms with Crippen molar-refractivity contribution >= 4 is 38.9 Å². The Morgan fingerprint density at radius 1 is 0.905 bits per heavy atom. The average Bonchev–Trinajstić information content (AvgIpc) is 2.85. The van der Waals surface area contributed by atoms with E-state index in [0.717, 1.165) is 29.2 Å². The van der Waals surface area contributed by atoms with Crippen LogP contribution in [0.15, 0.2) is 54.6 Å². The van der Waals surface area contributed by atoms with Crippen molar-refractivity contribution in [2.75, 3.05) is 0 Å². The van der Waals surface area contributed by atoms with E-state index in [1.54, 1.807) is 0 Å². The van der Waals surface area contributed by atoms with Gasteiger partial charge < -0.3 is 4.57 Å². The normalized spacial score (nSPS) is 11.5. The van der Waals surface area contributed by atoms with Gasteiger partial charge in [-0.3, -0.25) is 4.79 Å². The van der Waals surface area contributed by atoms with Gasteiger partial charge in [-0.25, -0.2) is 0 Å². The van der Waals surface area contributed by atoms with Gasteiger partial charge in [0.2, 0.25) is 0 Å². The molecule has 0 bridgehead atoms. The molecule has 1 heterocycles. The van der Waals surface area contributed by atoms with Crippen LogP contribution in [0, 0.1) is 0 Å². The van der Waals surface area contributed by atoms with E-state index in [1.807, 2.05) is 12.1 Å². The van der Waals surface area contributed by atoms with Crippen LogP contribution >= 0.6 is 0 Å². The van der Waals surface area contributed by atoms with Crippen LogP contribution < -0.4 is 0 Å². The number of benzene rings is 3. The fourth-order valence-corrected chi connectivity index (χ4v) is 3.29. The zero-order chi connectivity index (χ0) is 14.4. The summed E-state index contributed by atoms with van der Waals surface area (Å²) in [4.78, 5) is 11.3.